The summed E-state index contributed by atoms with van der Waals surface area (Å²) in [6, 6.07) is 8.20. The van der Waals surface area contributed by atoms with E-state index in [1.807, 2.05) is 12.1 Å². The van der Waals surface area contributed by atoms with Crippen LogP contribution in [0.15, 0.2) is 24.3 Å². The maximum absolute atomic E-state index is 9.97. The largest absolute Gasteiger partial charge is 0.507 e. The van der Waals surface area contributed by atoms with E-state index in [4.69, 9.17) is 9.47 Å². The fourth-order valence-corrected chi connectivity index (χ4v) is 3.35. The molecule has 3 nitrogen and oxygen atoms in total. The zero-order chi connectivity index (χ0) is 17.9. The monoisotopic (exact) mass is 440 g/mol. The van der Waals surface area contributed by atoms with Crippen molar-refractivity contribution in [2.75, 3.05) is 13.9 Å². The minimum Gasteiger partial charge on any atom is -0.507 e. The summed E-state index contributed by atoms with van der Waals surface area (Å²) < 4.78 is 11.6. The van der Waals surface area contributed by atoms with E-state index >= 15 is 0 Å². The minimum absolute atomic E-state index is 0.257. The Kier molecular flexibility index (Phi) is 6.52. The summed E-state index contributed by atoms with van der Waals surface area (Å²) in [6.07, 6.45) is 0.845. The summed E-state index contributed by atoms with van der Waals surface area (Å²) in [7, 11) is 1.63. The second kappa shape index (κ2) is 8.21. The van der Waals surface area contributed by atoms with E-state index in [2.05, 4.69) is 62.4 Å². The molecule has 0 heterocycles. The van der Waals surface area contributed by atoms with Crippen LogP contribution in [0.4, 0.5) is 0 Å². The molecule has 0 saturated heterocycles. The Labute approximate surface area is 158 Å². The molecule has 1 N–H and O–H groups in total. The number of methoxy groups -OCH3 is 1. The third-order valence-electron chi connectivity index (χ3n) is 4.25. The number of benzene rings is 2. The highest BCUT2D eigenvalue weighted by atomic mass is 127. The Balaban J connectivity index is 2.37. The average molecular weight is 440 g/mol. The molecule has 0 bridgehead atoms. The van der Waals surface area contributed by atoms with Crippen molar-refractivity contribution >= 4 is 22.6 Å². The Morgan fingerprint density at radius 3 is 2.50 bits per heavy atom. The highest BCUT2D eigenvalue weighted by molar-refractivity contribution is 14.1. The molecule has 2 rings (SSSR count). The van der Waals surface area contributed by atoms with E-state index in [0.717, 1.165) is 26.9 Å². The van der Waals surface area contributed by atoms with Gasteiger partial charge in [-0.3, -0.25) is 0 Å². The van der Waals surface area contributed by atoms with Gasteiger partial charge >= 0.3 is 0 Å². The first kappa shape index (κ1) is 19.1. The molecule has 0 spiro atoms. The average Bonchev–Trinajstić information content (AvgIpc) is 2.55. The predicted molar refractivity (Wildman–Crippen MR) is 106 cm³/mol. The molecule has 4 heteroatoms. The molecule has 24 heavy (non-hydrogen) atoms. The Bertz CT molecular complexity index is 723. The number of halogens is 1. The van der Waals surface area contributed by atoms with Gasteiger partial charge in [0.1, 0.15) is 11.5 Å². The van der Waals surface area contributed by atoms with E-state index < -0.39 is 0 Å². The van der Waals surface area contributed by atoms with Crippen LogP contribution in [0.25, 0.3) is 0 Å². The van der Waals surface area contributed by atoms with Crippen molar-refractivity contribution < 1.29 is 14.6 Å². The lowest BCUT2D eigenvalue weighted by molar-refractivity contribution is 0.0502. The third kappa shape index (κ3) is 4.22. The number of ether oxygens (including phenoxy) is 2. The maximum Gasteiger partial charge on any atom is 0.188 e. The van der Waals surface area contributed by atoms with Gasteiger partial charge < -0.3 is 14.6 Å². The summed E-state index contributed by atoms with van der Waals surface area (Å²) in [6.45, 7) is 8.71. The van der Waals surface area contributed by atoms with E-state index in [1.54, 1.807) is 7.11 Å². The van der Waals surface area contributed by atoms with E-state index in [-0.39, 0.29) is 6.79 Å². The lowest BCUT2D eigenvalue weighted by atomic mass is 9.93. The number of hydrogen-bond donors (Lipinski definition) is 1. The zero-order valence-corrected chi connectivity index (χ0v) is 17.1. The Morgan fingerprint density at radius 2 is 1.88 bits per heavy atom. The quantitative estimate of drug-likeness (QED) is 0.489. The van der Waals surface area contributed by atoms with Crippen LogP contribution >= 0.6 is 22.6 Å². The number of phenols is 1. The number of rotatable bonds is 6. The molecule has 2 aromatic rings. The van der Waals surface area contributed by atoms with Crippen LogP contribution < -0.4 is 4.74 Å². The van der Waals surface area contributed by atoms with Gasteiger partial charge in [0.25, 0.3) is 0 Å². The summed E-state index contributed by atoms with van der Waals surface area (Å²) in [5.74, 6) is 1.61. The van der Waals surface area contributed by atoms with Gasteiger partial charge in [-0.15, -0.1) is 0 Å². The second-order valence-corrected chi connectivity index (χ2v) is 7.46. The lowest BCUT2D eigenvalue weighted by Gasteiger charge is -2.17. The van der Waals surface area contributed by atoms with Crippen LogP contribution in [0.2, 0.25) is 0 Å². The lowest BCUT2D eigenvalue weighted by Crippen LogP contribution is -2.04. The van der Waals surface area contributed by atoms with Gasteiger partial charge in [0, 0.05) is 7.11 Å². The molecule has 0 fully saturated rings. The molecular weight excluding hydrogens is 415 g/mol. The van der Waals surface area contributed by atoms with Crippen molar-refractivity contribution in [3.05, 3.63) is 55.7 Å². The van der Waals surface area contributed by atoms with Crippen LogP contribution in [0.1, 0.15) is 47.6 Å². The van der Waals surface area contributed by atoms with Crippen molar-refractivity contribution in [3.63, 3.8) is 0 Å². The molecule has 130 valence electrons. The Hall–Kier alpha value is -1.27. The van der Waals surface area contributed by atoms with Crippen LogP contribution in [-0.2, 0) is 11.2 Å². The first-order valence-electron chi connectivity index (χ1n) is 8.07. The number of phenolic OH excluding ortho intramolecular Hbond substituents is 1. The topological polar surface area (TPSA) is 38.7 Å². The van der Waals surface area contributed by atoms with Crippen LogP contribution in [-0.4, -0.2) is 19.0 Å². The van der Waals surface area contributed by atoms with Crippen LogP contribution in [0, 0.1) is 17.4 Å². The molecule has 0 aromatic heterocycles. The molecule has 0 atom stereocenters. The van der Waals surface area contributed by atoms with Crippen molar-refractivity contribution in [2.45, 2.75) is 40.0 Å². The smallest absolute Gasteiger partial charge is 0.188 e. The predicted octanol–water partition coefficient (Wildman–Crippen LogP) is 5.31. The molecule has 0 unspecified atom stereocenters. The molecular formula is C20H25IO3. The molecule has 0 aliphatic heterocycles. The van der Waals surface area contributed by atoms with Crippen molar-refractivity contribution in [3.8, 4) is 11.5 Å². The molecule has 0 saturated carbocycles. The van der Waals surface area contributed by atoms with Gasteiger partial charge in [0.05, 0.1) is 3.57 Å². The molecule has 2 aromatic carbocycles. The fraction of sp³-hybridized carbons (Fsp3) is 0.400. The van der Waals surface area contributed by atoms with E-state index in [1.165, 1.54) is 16.7 Å². The first-order chi connectivity index (χ1) is 11.3. The number of aryl methyl sites for hydroxylation is 1. The summed E-state index contributed by atoms with van der Waals surface area (Å²) in [4.78, 5) is 0. The highest BCUT2D eigenvalue weighted by Gasteiger charge is 2.14. The first-order valence-corrected chi connectivity index (χ1v) is 9.15. The normalized spacial score (nSPS) is 11.1. The summed E-state index contributed by atoms with van der Waals surface area (Å²) in [5, 5.41) is 9.97. The van der Waals surface area contributed by atoms with E-state index in [9.17, 15) is 5.11 Å². The van der Waals surface area contributed by atoms with Gasteiger partial charge in [-0.05, 0) is 88.7 Å². The number of hydrogen-bond acceptors (Lipinski definition) is 3. The SMILES string of the molecule is COCOc1ccc(Cc2c(C)cc(O)c(I)c2C)cc1C(C)C. The highest BCUT2D eigenvalue weighted by Crippen LogP contribution is 2.32. The fourth-order valence-electron chi connectivity index (χ4n) is 2.86. The van der Waals surface area contributed by atoms with Crippen molar-refractivity contribution in [1.82, 2.24) is 0 Å². The molecule has 0 amide bonds. The zero-order valence-electron chi connectivity index (χ0n) is 14.9. The van der Waals surface area contributed by atoms with Crippen molar-refractivity contribution in [1.29, 1.82) is 0 Å². The second-order valence-electron chi connectivity index (χ2n) is 6.38. The van der Waals surface area contributed by atoms with Gasteiger partial charge in [-0.1, -0.05) is 26.0 Å². The summed E-state index contributed by atoms with van der Waals surface area (Å²) in [5.41, 5.74) is 5.98. The standard InChI is InChI=1S/C20H25IO3/c1-12(2)16-9-15(6-7-19(16)24-11-23-5)10-17-13(3)8-18(22)20(21)14(17)4/h6-9,12,22H,10-11H2,1-5H3. The van der Waals surface area contributed by atoms with Gasteiger partial charge in [0.2, 0.25) is 0 Å². The molecule has 0 aliphatic rings. The third-order valence-corrected chi connectivity index (χ3v) is 5.61. The van der Waals surface area contributed by atoms with Crippen LogP contribution in [0.3, 0.4) is 0 Å². The van der Waals surface area contributed by atoms with Gasteiger partial charge in [-0.2, -0.15) is 0 Å². The summed E-state index contributed by atoms with van der Waals surface area (Å²) >= 11 is 2.21. The van der Waals surface area contributed by atoms with Crippen LogP contribution in [0.5, 0.6) is 11.5 Å². The molecule has 0 radical (unpaired) electrons. The van der Waals surface area contributed by atoms with Gasteiger partial charge in [0.15, 0.2) is 6.79 Å². The van der Waals surface area contributed by atoms with Gasteiger partial charge in [-0.25, -0.2) is 0 Å². The minimum atomic E-state index is 0.257. The Morgan fingerprint density at radius 1 is 1.17 bits per heavy atom. The number of aromatic hydroxyl groups is 1. The molecule has 0 aliphatic carbocycles. The van der Waals surface area contributed by atoms with E-state index in [0.29, 0.717) is 11.7 Å². The van der Waals surface area contributed by atoms with Crippen molar-refractivity contribution in [2.24, 2.45) is 0 Å². The maximum atomic E-state index is 9.97.